The second-order valence-electron chi connectivity index (χ2n) is 9.43. The number of hydrogen-bond donors (Lipinski definition) is 1. The van der Waals surface area contributed by atoms with Crippen LogP contribution in [0.2, 0.25) is 5.02 Å². The van der Waals surface area contributed by atoms with Crippen molar-refractivity contribution in [2.24, 2.45) is 10.8 Å². The summed E-state index contributed by atoms with van der Waals surface area (Å²) >= 11 is 6.25. The molecule has 1 aromatic carbocycles. The highest BCUT2D eigenvalue weighted by molar-refractivity contribution is 6.31. The first-order valence-electron chi connectivity index (χ1n) is 10.2. The smallest absolute Gasteiger partial charge is 0.203 e. The van der Waals surface area contributed by atoms with Gasteiger partial charge in [-0.2, -0.15) is 0 Å². The highest BCUT2D eigenvalue weighted by Crippen LogP contribution is 2.72. The Kier molecular flexibility index (Phi) is 3.88. The Hall–Kier alpha value is -2.11. The van der Waals surface area contributed by atoms with Crippen molar-refractivity contribution < 1.29 is 9.84 Å². The summed E-state index contributed by atoms with van der Waals surface area (Å²) in [6, 6.07) is 9.44. The number of aromatic nitrogens is 3. The molecule has 2 saturated carbocycles. The van der Waals surface area contributed by atoms with E-state index >= 15 is 0 Å². The Balaban J connectivity index is 1.64. The Bertz CT molecular complexity index is 1120. The van der Waals surface area contributed by atoms with Gasteiger partial charge in [-0.25, -0.2) is 0 Å². The molecule has 1 N–H and O–H groups in total. The predicted octanol–water partition coefficient (Wildman–Crippen LogP) is 5.31. The third-order valence-electron chi connectivity index (χ3n) is 8.14. The van der Waals surface area contributed by atoms with Crippen LogP contribution in [0.1, 0.15) is 51.4 Å². The second-order valence-corrected chi connectivity index (χ2v) is 9.84. The minimum Gasteiger partial charge on any atom is -0.453 e. The van der Waals surface area contributed by atoms with E-state index in [-0.39, 0.29) is 10.8 Å². The zero-order valence-corrected chi connectivity index (χ0v) is 18.0. The van der Waals surface area contributed by atoms with Crippen molar-refractivity contribution in [1.82, 2.24) is 14.6 Å². The van der Waals surface area contributed by atoms with Crippen LogP contribution >= 0.6 is 11.6 Å². The summed E-state index contributed by atoms with van der Waals surface area (Å²) in [5.74, 6) is 2.15. The number of rotatable bonds is 3. The van der Waals surface area contributed by atoms with Crippen LogP contribution < -0.4 is 4.74 Å². The molecule has 2 heterocycles. The maximum atomic E-state index is 11.1. The van der Waals surface area contributed by atoms with Crippen LogP contribution in [0.3, 0.4) is 0 Å². The molecular weight excluding hydrogens is 386 g/mol. The van der Waals surface area contributed by atoms with E-state index in [1.54, 1.807) is 0 Å². The molecule has 0 aliphatic heterocycles. The van der Waals surface area contributed by atoms with E-state index in [0.29, 0.717) is 22.2 Å². The van der Waals surface area contributed by atoms with E-state index in [4.69, 9.17) is 16.3 Å². The van der Waals surface area contributed by atoms with Crippen molar-refractivity contribution in [2.75, 3.05) is 0 Å². The van der Waals surface area contributed by atoms with Gasteiger partial charge in [0.1, 0.15) is 11.6 Å². The molecule has 152 valence electrons. The highest BCUT2D eigenvalue weighted by Gasteiger charge is 2.71. The number of ether oxygens (including phenoxy) is 1. The van der Waals surface area contributed by atoms with E-state index in [0.717, 1.165) is 30.7 Å². The summed E-state index contributed by atoms with van der Waals surface area (Å²) in [5, 5.41) is 20.9. The fourth-order valence-electron chi connectivity index (χ4n) is 5.81. The Morgan fingerprint density at radius 1 is 1.10 bits per heavy atom. The van der Waals surface area contributed by atoms with E-state index in [1.807, 2.05) is 47.9 Å². The molecule has 2 fully saturated rings. The van der Waals surface area contributed by atoms with Crippen LogP contribution in [0.25, 0.3) is 5.65 Å². The number of aliphatic hydroxyl groups is 1. The summed E-state index contributed by atoms with van der Waals surface area (Å²) in [6.45, 7) is 8.77. The summed E-state index contributed by atoms with van der Waals surface area (Å²) in [4.78, 5) is 0. The molecule has 3 aromatic rings. The molecule has 2 aromatic heterocycles. The van der Waals surface area contributed by atoms with Gasteiger partial charge in [0.2, 0.25) is 5.65 Å². The quantitative estimate of drug-likeness (QED) is 0.634. The van der Waals surface area contributed by atoms with Crippen molar-refractivity contribution in [3.63, 3.8) is 0 Å². The molecule has 2 aliphatic rings. The van der Waals surface area contributed by atoms with Gasteiger partial charge in [0.25, 0.3) is 0 Å². The lowest BCUT2D eigenvalue weighted by Gasteiger charge is -2.40. The molecule has 2 bridgehead atoms. The number of hydrogen-bond acceptors (Lipinski definition) is 4. The molecule has 0 unspecified atom stereocenters. The molecule has 29 heavy (non-hydrogen) atoms. The molecule has 0 amide bonds. The van der Waals surface area contributed by atoms with E-state index < -0.39 is 11.5 Å². The summed E-state index contributed by atoms with van der Waals surface area (Å²) < 4.78 is 8.18. The fourth-order valence-corrected chi connectivity index (χ4v) is 5.98. The third-order valence-corrected chi connectivity index (χ3v) is 8.55. The number of fused-ring (bicyclic) bond motifs is 3. The van der Waals surface area contributed by atoms with Crippen molar-refractivity contribution in [3.05, 3.63) is 52.9 Å². The molecule has 2 aliphatic carbocycles. The molecule has 0 saturated heterocycles. The lowest BCUT2D eigenvalue weighted by atomic mass is 9.64. The number of pyridine rings is 1. The van der Waals surface area contributed by atoms with Gasteiger partial charge in [-0.1, -0.05) is 38.4 Å². The molecule has 5 rings (SSSR count). The van der Waals surface area contributed by atoms with Gasteiger partial charge in [0, 0.05) is 16.8 Å². The minimum atomic E-state index is -0.427. The van der Waals surface area contributed by atoms with Gasteiger partial charge in [-0.05, 0) is 61.3 Å². The fraction of sp³-hybridized carbons (Fsp3) is 0.478. The van der Waals surface area contributed by atoms with Crippen molar-refractivity contribution >= 4 is 17.2 Å². The second kappa shape index (κ2) is 5.96. The molecular formula is C23H26ClN3O2. The predicted molar refractivity (Wildman–Crippen MR) is 113 cm³/mol. The van der Waals surface area contributed by atoms with Gasteiger partial charge in [-0.3, -0.25) is 4.40 Å². The zero-order valence-electron chi connectivity index (χ0n) is 17.2. The Morgan fingerprint density at radius 3 is 2.55 bits per heavy atom. The third kappa shape index (κ3) is 2.26. The van der Waals surface area contributed by atoms with Crippen molar-refractivity contribution in [3.8, 4) is 11.5 Å². The number of halogens is 1. The molecule has 0 radical (unpaired) electrons. The molecule has 6 heteroatoms. The maximum absolute atomic E-state index is 11.1. The van der Waals surface area contributed by atoms with Gasteiger partial charge in [0.15, 0.2) is 5.75 Å². The van der Waals surface area contributed by atoms with Crippen molar-refractivity contribution in [2.45, 2.75) is 58.5 Å². The zero-order chi connectivity index (χ0) is 20.6. The normalized spacial score (nSPS) is 30.2. The van der Waals surface area contributed by atoms with Crippen LogP contribution in [-0.2, 0) is 5.41 Å². The average Bonchev–Trinajstić information content (AvgIpc) is 3.23. The van der Waals surface area contributed by atoms with Crippen LogP contribution in [0.4, 0.5) is 0 Å². The van der Waals surface area contributed by atoms with Crippen LogP contribution in [-0.4, -0.2) is 25.8 Å². The Morgan fingerprint density at radius 2 is 1.86 bits per heavy atom. The standard InChI is InChI=1S/C23H26ClN3O2/c1-14-15(24)7-5-8-16(14)29-17-9-6-12-27-19(17)25-26-20(27)23-11-10-22(4,13-18(23)28)21(23,2)3/h5-9,12,18,28H,10-11,13H2,1-4H3/t18-,22-,23+/m1/s1. The Labute approximate surface area is 175 Å². The first-order chi connectivity index (χ1) is 13.7. The first-order valence-corrected chi connectivity index (χ1v) is 10.5. The molecule has 3 atom stereocenters. The SMILES string of the molecule is Cc1c(Cl)cccc1Oc1cccn2c([C@]34CC[C@](C)(C[C@H]3O)C4(C)C)nnc12. The lowest BCUT2D eigenvalue weighted by Crippen LogP contribution is -2.45. The first kappa shape index (κ1) is 18.9. The topological polar surface area (TPSA) is 59.7 Å². The summed E-state index contributed by atoms with van der Waals surface area (Å²) in [7, 11) is 0. The summed E-state index contributed by atoms with van der Waals surface area (Å²) in [5.41, 5.74) is 1.15. The van der Waals surface area contributed by atoms with Gasteiger partial charge < -0.3 is 9.84 Å². The maximum Gasteiger partial charge on any atom is 0.203 e. The highest BCUT2D eigenvalue weighted by atomic mass is 35.5. The van der Waals surface area contributed by atoms with Gasteiger partial charge >= 0.3 is 0 Å². The minimum absolute atomic E-state index is 0.0806. The largest absolute Gasteiger partial charge is 0.453 e. The number of nitrogens with zero attached hydrogens (tertiary/aromatic N) is 3. The molecule has 0 spiro atoms. The van der Waals surface area contributed by atoms with Crippen LogP contribution in [0.5, 0.6) is 11.5 Å². The van der Waals surface area contributed by atoms with Crippen molar-refractivity contribution in [1.29, 1.82) is 0 Å². The van der Waals surface area contributed by atoms with E-state index in [1.165, 1.54) is 0 Å². The average molecular weight is 412 g/mol. The number of benzene rings is 1. The van der Waals surface area contributed by atoms with E-state index in [9.17, 15) is 5.11 Å². The van der Waals surface area contributed by atoms with Gasteiger partial charge in [0.05, 0.1) is 11.5 Å². The summed E-state index contributed by atoms with van der Waals surface area (Å²) in [6.07, 6.45) is 4.34. The lowest BCUT2D eigenvalue weighted by molar-refractivity contribution is 0.0539. The van der Waals surface area contributed by atoms with Crippen LogP contribution in [0, 0.1) is 17.8 Å². The van der Waals surface area contributed by atoms with Gasteiger partial charge in [-0.15, -0.1) is 10.2 Å². The number of aliphatic hydroxyl groups excluding tert-OH is 1. The van der Waals surface area contributed by atoms with Crippen LogP contribution in [0.15, 0.2) is 36.5 Å². The molecule has 5 nitrogen and oxygen atoms in total. The van der Waals surface area contributed by atoms with E-state index in [2.05, 4.69) is 31.0 Å². The monoisotopic (exact) mass is 411 g/mol.